The van der Waals surface area contributed by atoms with Crippen molar-refractivity contribution in [1.82, 2.24) is 9.55 Å². The Hall–Kier alpha value is -5.90. The van der Waals surface area contributed by atoms with Crippen molar-refractivity contribution in [2.45, 2.75) is 259 Å². The molecule has 7 heterocycles. The molecule has 0 spiro atoms. The van der Waals surface area contributed by atoms with Gasteiger partial charge in [0.05, 0.1) is 5.56 Å². The number of anilines is 1. The molecule has 0 amide bonds. The fraction of sp³-hybridized carbons (Fsp3) is 0.583. The topological polar surface area (TPSA) is 108 Å². The normalized spacial score (nSPS) is 14.1. The fourth-order valence-corrected chi connectivity index (χ4v) is 13.0. The monoisotopic (exact) mass is 1110 g/mol. The van der Waals surface area contributed by atoms with E-state index in [2.05, 4.69) is 117 Å². The molecule has 0 saturated heterocycles. The second kappa shape index (κ2) is 31.7. The second-order valence-electron chi connectivity index (χ2n) is 24.6. The minimum atomic E-state index is 0.645. The SMILES string of the molecule is CCCCCCCCCCc1ccc(CCCCCCCCCC)c2c1C1=NC2=NC2=NC(=Nc3nc(c4cn(C)ccc3-4)NC3=NC(=N1)c1cc[n+](C)cc13)c1c(CCCCCCCCCC)ccc(CCCCCCCCCC)c12. The van der Waals surface area contributed by atoms with Crippen LogP contribution in [0.25, 0.3) is 11.1 Å². The van der Waals surface area contributed by atoms with E-state index in [4.69, 9.17) is 34.9 Å². The van der Waals surface area contributed by atoms with E-state index in [1.807, 2.05) is 0 Å². The molecule has 0 saturated carbocycles. The third kappa shape index (κ3) is 15.8. The fourth-order valence-electron chi connectivity index (χ4n) is 13.0. The number of aliphatic imine (C=N–C) groups is 6. The maximum Gasteiger partial charge on any atom is 0.180 e. The molecule has 0 aliphatic carbocycles. The predicted octanol–water partition coefficient (Wildman–Crippen LogP) is 18.8. The van der Waals surface area contributed by atoms with E-state index in [1.54, 1.807) is 0 Å². The lowest BCUT2D eigenvalue weighted by Gasteiger charge is -2.15. The van der Waals surface area contributed by atoms with Crippen LogP contribution in [-0.2, 0) is 39.8 Å². The first-order valence-corrected chi connectivity index (χ1v) is 33.4. The summed E-state index contributed by atoms with van der Waals surface area (Å²) < 4.78 is 4.17. The van der Waals surface area contributed by atoms with Gasteiger partial charge in [-0.05, 0) is 79.7 Å². The highest BCUT2D eigenvalue weighted by Crippen LogP contribution is 2.42. The van der Waals surface area contributed by atoms with Crippen LogP contribution in [0.5, 0.6) is 0 Å². The zero-order chi connectivity index (χ0) is 56.9. The van der Waals surface area contributed by atoms with Crippen molar-refractivity contribution in [2.75, 3.05) is 5.32 Å². The number of nitrogens with one attached hydrogen (secondary N) is 1. The van der Waals surface area contributed by atoms with E-state index in [1.165, 1.54) is 202 Å². The van der Waals surface area contributed by atoms with Gasteiger partial charge in [0.25, 0.3) is 0 Å². The molecule has 0 radical (unpaired) electrons. The van der Waals surface area contributed by atoms with E-state index in [0.717, 1.165) is 108 Å². The Bertz CT molecular complexity index is 3050. The number of fused-ring (bicyclic) bond motifs is 17. The molecule has 1 aromatic heterocycles. The van der Waals surface area contributed by atoms with Crippen molar-refractivity contribution >= 4 is 46.6 Å². The molecule has 6 aliphatic heterocycles. The van der Waals surface area contributed by atoms with Crippen LogP contribution in [-0.4, -0.2) is 44.6 Å². The molecular formula is C72H101N10+. The molecule has 6 aliphatic rings. The molecule has 0 fully saturated rings. The lowest BCUT2D eigenvalue weighted by Crippen LogP contribution is -2.29. The Morgan fingerprint density at radius 2 is 0.744 bits per heavy atom. The summed E-state index contributed by atoms with van der Waals surface area (Å²) in [7, 11) is 4.13. The summed E-state index contributed by atoms with van der Waals surface area (Å²) in [5.74, 6) is 5.56. The van der Waals surface area contributed by atoms with E-state index in [-0.39, 0.29) is 0 Å². The molecule has 8 bridgehead atoms. The minimum Gasteiger partial charge on any atom is -0.356 e. The third-order valence-electron chi connectivity index (χ3n) is 17.8. The van der Waals surface area contributed by atoms with Crippen molar-refractivity contribution in [3.63, 3.8) is 0 Å². The highest BCUT2D eigenvalue weighted by atomic mass is 15.2. The Balaban J connectivity index is 1.19. The van der Waals surface area contributed by atoms with E-state index in [9.17, 15) is 0 Å². The molecule has 9 rings (SSSR count). The summed E-state index contributed by atoms with van der Waals surface area (Å²) >= 11 is 0. The highest BCUT2D eigenvalue weighted by molar-refractivity contribution is 6.34. The average Bonchev–Trinajstić information content (AvgIpc) is 3.72. The van der Waals surface area contributed by atoms with Gasteiger partial charge in [0.15, 0.2) is 47.4 Å². The van der Waals surface area contributed by atoms with Gasteiger partial charge in [-0.2, -0.15) is 0 Å². The van der Waals surface area contributed by atoms with Crippen LogP contribution in [0.3, 0.4) is 0 Å². The first-order valence-electron chi connectivity index (χ1n) is 33.4. The Labute approximate surface area is 494 Å². The Morgan fingerprint density at radius 1 is 0.378 bits per heavy atom. The largest absolute Gasteiger partial charge is 0.356 e. The predicted molar refractivity (Wildman–Crippen MR) is 348 cm³/mol. The average molecular weight is 1110 g/mol. The van der Waals surface area contributed by atoms with Crippen LogP contribution in [0, 0.1) is 0 Å². The highest BCUT2D eigenvalue weighted by Gasteiger charge is 2.35. The molecule has 10 nitrogen and oxygen atoms in total. The van der Waals surface area contributed by atoms with Crippen LogP contribution >= 0.6 is 0 Å². The van der Waals surface area contributed by atoms with Crippen LogP contribution in [0.1, 0.15) is 289 Å². The molecule has 0 atom stereocenters. The van der Waals surface area contributed by atoms with Gasteiger partial charge >= 0.3 is 0 Å². The zero-order valence-electron chi connectivity index (χ0n) is 51.8. The number of pyridine rings is 2. The second-order valence-corrected chi connectivity index (χ2v) is 24.6. The molecule has 3 aromatic rings. The minimum absolute atomic E-state index is 0.645. The number of nitrogens with zero attached hydrogens (tertiary/aromatic N) is 9. The van der Waals surface area contributed by atoms with Crippen LogP contribution in [0.2, 0.25) is 0 Å². The summed E-state index contributed by atoms with van der Waals surface area (Å²) in [6.45, 7) is 9.22. The van der Waals surface area contributed by atoms with Crippen molar-refractivity contribution < 1.29 is 4.57 Å². The maximum absolute atomic E-state index is 5.84. The first kappa shape index (κ1) is 60.7. The smallest absolute Gasteiger partial charge is 0.180 e. The number of aryl methyl sites for hydroxylation is 6. The lowest BCUT2D eigenvalue weighted by atomic mass is 9.90. The maximum atomic E-state index is 5.84. The standard InChI is InChI=1S/C72H101N10/c1-7-11-15-19-23-27-31-35-39-53-43-45-55(41-37-33-29-25-21-17-13-9-3)63-61(53)69-76-65-57-47-49-81(5)51-59(57)67(73-65)75-68-60-52-82(6)50-48-58(60)66(74-68)77-70-62-54(40-36-32-28-24-20-16-12-8-2)44-46-56(42-38-34-30-26-22-18-14-10-4)64(62)72(79-70)80-71(63)78-69/h43-52H,7-42H2,1-6H3,(H,73,74,75,76,77,78,79,80)/q+1. The lowest BCUT2D eigenvalue weighted by molar-refractivity contribution is -0.671. The van der Waals surface area contributed by atoms with Crippen molar-refractivity contribution in [3.8, 4) is 11.1 Å². The molecule has 10 heteroatoms. The molecular weight excluding hydrogens is 1000 g/mol. The molecule has 0 unspecified atom stereocenters. The first-order chi connectivity index (χ1) is 40.4. The summed E-state index contributed by atoms with van der Waals surface area (Å²) in [5.41, 5.74) is 13.6. The van der Waals surface area contributed by atoms with Crippen LogP contribution in [0.15, 0.2) is 91.1 Å². The zero-order valence-corrected chi connectivity index (χ0v) is 51.8. The van der Waals surface area contributed by atoms with E-state index >= 15 is 0 Å². The van der Waals surface area contributed by atoms with Crippen molar-refractivity contribution in [1.29, 1.82) is 0 Å². The third-order valence-corrected chi connectivity index (χ3v) is 17.8. The summed E-state index contributed by atoms with van der Waals surface area (Å²) in [5, 5.41) is 3.76. The molecule has 2 aromatic carbocycles. The van der Waals surface area contributed by atoms with Gasteiger partial charge in [0.1, 0.15) is 18.7 Å². The van der Waals surface area contributed by atoms with Crippen molar-refractivity contribution in [3.05, 3.63) is 117 Å². The van der Waals surface area contributed by atoms with Crippen LogP contribution in [0.4, 0.5) is 11.6 Å². The van der Waals surface area contributed by atoms with Gasteiger partial charge in [-0.3, -0.25) is 0 Å². The van der Waals surface area contributed by atoms with Gasteiger partial charge in [0, 0.05) is 64.5 Å². The van der Waals surface area contributed by atoms with Gasteiger partial charge in [-0.1, -0.05) is 232 Å². The molecule has 1 N–H and O–H groups in total. The van der Waals surface area contributed by atoms with Gasteiger partial charge in [0.2, 0.25) is 0 Å². The number of amidine groups is 6. The van der Waals surface area contributed by atoms with Crippen molar-refractivity contribution in [2.24, 2.45) is 44.0 Å². The molecule has 82 heavy (non-hydrogen) atoms. The number of hydrogen-bond donors (Lipinski definition) is 1. The van der Waals surface area contributed by atoms with Gasteiger partial charge < -0.3 is 9.88 Å². The van der Waals surface area contributed by atoms with Crippen LogP contribution < -0.4 is 9.88 Å². The quantitative estimate of drug-likeness (QED) is 0.0319. The van der Waals surface area contributed by atoms with Gasteiger partial charge in [-0.15, -0.1) is 0 Å². The number of benzene rings is 2. The number of aromatic nitrogens is 3. The number of hydrogen-bond acceptors (Lipinski definition) is 8. The van der Waals surface area contributed by atoms with E-state index in [0.29, 0.717) is 35.0 Å². The van der Waals surface area contributed by atoms with E-state index < -0.39 is 0 Å². The number of unbranched alkanes of at least 4 members (excludes halogenated alkanes) is 28. The number of rotatable bonds is 36. The Morgan fingerprint density at radius 3 is 1.15 bits per heavy atom. The summed E-state index contributed by atoms with van der Waals surface area (Å²) in [4.78, 5) is 39.1. The van der Waals surface area contributed by atoms with Gasteiger partial charge in [-0.25, -0.2) is 39.5 Å². The Kier molecular flexibility index (Phi) is 23.4. The molecule has 438 valence electrons. The summed E-state index contributed by atoms with van der Waals surface area (Å²) in [6, 6.07) is 14.0. The summed E-state index contributed by atoms with van der Waals surface area (Å²) in [6.07, 6.45) is 53.3.